The number of hydrogen-bond acceptors (Lipinski definition) is 2. The molecule has 0 aromatic heterocycles. The van der Waals surface area contributed by atoms with Crippen LogP contribution < -0.4 is 5.73 Å². The Morgan fingerprint density at radius 3 is 2.25 bits per heavy atom. The Hall–Kier alpha value is -0.570. The normalized spacial score (nSPS) is 29.9. The highest BCUT2D eigenvalue weighted by Gasteiger charge is 2.38. The van der Waals surface area contributed by atoms with Crippen molar-refractivity contribution in [3.63, 3.8) is 0 Å². The first-order valence-corrected chi connectivity index (χ1v) is 6.49. The van der Waals surface area contributed by atoms with Crippen LogP contribution in [0.2, 0.25) is 0 Å². The van der Waals surface area contributed by atoms with Gasteiger partial charge in [-0.05, 0) is 46.5 Å². The standard InChI is InChI=1S/C13H26N2O/c1-5-13(4,9-14)12(16)15-10(2)7-6-8-11(15)3/h10-11H,5-9,14H2,1-4H3/t10-,11+,13?. The van der Waals surface area contributed by atoms with Gasteiger partial charge in [0, 0.05) is 18.6 Å². The van der Waals surface area contributed by atoms with Crippen LogP contribution in [-0.4, -0.2) is 29.4 Å². The molecule has 16 heavy (non-hydrogen) atoms. The Balaban J connectivity index is 2.85. The molecule has 0 aromatic carbocycles. The van der Waals surface area contributed by atoms with Crippen LogP contribution in [0, 0.1) is 5.41 Å². The van der Waals surface area contributed by atoms with Crippen LogP contribution in [0.15, 0.2) is 0 Å². The van der Waals surface area contributed by atoms with E-state index in [-0.39, 0.29) is 11.3 Å². The highest BCUT2D eigenvalue weighted by Crippen LogP contribution is 2.30. The molecule has 0 aromatic rings. The first-order chi connectivity index (χ1) is 7.46. The number of likely N-dealkylation sites (tertiary alicyclic amines) is 1. The third-order valence-corrected chi connectivity index (χ3v) is 4.18. The molecule has 1 fully saturated rings. The molecule has 1 heterocycles. The SMILES string of the molecule is CCC(C)(CN)C(=O)N1[C@H](C)CCC[C@@H]1C. The number of piperidine rings is 1. The van der Waals surface area contributed by atoms with Gasteiger partial charge in [0.2, 0.25) is 5.91 Å². The number of amides is 1. The fourth-order valence-electron chi connectivity index (χ4n) is 2.52. The lowest BCUT2D eigenvalue weighted by Gasteiger charge is -2.43. The molecule has 1 aliphatic heterocycles. The molecule has 3 heteroatoms. The molecule has 3 nitrogen and oxygen atoms in total. The summed E-state index contributed by atoms with van der Waals surface area (Å²) in [4.78, 5) is 14.6. The van der Waals surface area contributed by atoms with E-state index < -0.39 is 0 Å². The summed E-state index contributed by atoms with van der Waals surface area (Å²) < 4.78 is 0. The lowest BCUT2D eigenvalue weighted by atomic mass is 9.83. The lowest BCUT2D eigenvalue weighted by Crippen LogP contribution is -2.54. The van der Waals surface area contributed by atoms with Crippen LogP contribution in [-0.2, 0) is 4.79 Å². The smallest absolute Gasteiger partial charge is 0.230 e. The van der Waals surface area contributed by atoms with E-state index in [1.807, 2.05) is 13.8 Å². The number of nitrogens with zero attached hydrogens (tertiary/aromatic N) is 1. The number of carbonyl (C=O) groups is 1. The lowest BCUT2D eigenvalue weighted by molar-refractivity contribution is -0.147. The van der Waals surface area contributed by atoms with Gasteiger partial charge in [-0.25, -0.2) is 0 Å². The van der Waals surface area contributed by atoms with Crippen LogP contribution in [0.25, 0.3) is 0 Å². The predicted octanol–water partition coefficient (Wildman–Crippen LogP) is 2.15. The Morgan fingerprint density at radius 2 is 1.88 bits per heavy atom. The summed E-state index contributed by atoms with van der Waals surface area (Å²) >= 11 is 0. The minimum atomic E-state index is -0.375. The highest BCUT2D eigenvalue weighted by molar-refractivity contribution is 5.83. The van der Waals surface area contributed by atoms with Crippen molar-refractivity contribution in [3.8, 4) is 0 Å². The zero-order valence-corrected chi connectivity index (χ0v) is 11.1. The molecule has 1 saturated heterocycles. The molecule has 1 aliphatic rings. The fourth-order valence-corrected chi connectivity index (χ4v) is 2.52. The maximum Gasteiger partial charge on any atom is 0.230 e. The number of carbonyl (C=O) groups excluding carboxylic acids is 1. The summed E-state index contributed by atoms with van der Waals surface area (Å²) in [6, 6.07) is 0.738. The molecule has 1 rings (SSSR count). The minimum Gasteiger partial charge on any atom is -0.337 e. The first kappa shape index (κ1) is 13.5. The molecule has 0 radical (unpaired) electrons. The van der Waals surface area contributed by atoms with E-state index in [4.69, 9.17) is 5.73 Å². The van der Waals surface area contributed by atoms with E-state index in [2.05, 4.69) is 18.7 Å². The zero-order chi connectivity index (χ0) is 12.3. The predicted molar refractivity (Wildman–Crippen MR) is 67.1 cm³/mol. The summed E-state index contributed by atoms with van der Waals surface area (Å²) in [6.07, 6.45) is 4.30. The van der Waals surface area contributed by atoms with E-state index in [0.29, 0.717) is 18.6 Å². The molecular weight excluding hydrogens is 200 g/mol. The molecule has 1 amide bonds. The Labute approximate surface area is 99.4 Å². The van der Waals surface area contributed by atoms with E-state index in [0.717, 1.165) is 19.3 Å². The van der Waals surface area contributed by atoms with E-state index in [1.54, 1.807) is 0 Å². The van der Waals surface area contributed by atoms with Gasteiger partial charge in [0.25, 0.3) is 0 Å². The molecule has 3 atom stereocenters. The molecule has 94 valence electrons. The van der Waals surface area contributed by atoms with Crippen molar-refractivity contribution in [2.75, 3.05) is 6.54 Å². The summed E-state index contributed by atoms with van der Waals surface area (Å²) in [7, 11) is 0. The number of hydrogen-bond donors (Lipinski definition) is 1. The van der Waals surface area contributed by atoms with Crippen LogP contribution in [0.4, 0.5) is 0 Å². The summed E-state index contributed by atoms with van der Waals surface area (Å²) in [5.74, 6) is 0.247. The van der Waals surface area contributed by atoms with Crippen molar-refractivity contribution in [2.24, 2.45) is 11.1 Å². The molecule has 2 N–H and O–H groups in total. The van der Waals surface area contributed by atoms with Gasteiger partial charge in [-0.15, -0.1) is 0 Å². The Kier molecular flexibility index (Phi) is 4.36. The van der Waals surface area contributed by atoms with Gasteiger partial charge in [0.05, 0.1) is 5.41 Å². The number of rotatable bonds is 3. The Morgan fingerprint density at radius 1 is 1.38 bits per heavy atom. The van der Waals surface area contributed by atoms with E-state index >= 15 is 0 Å². The van der Waals surface area contributed by atoms with Crippen molar-refractivity contribution in [1.82, 2.24) is 4.90 Å². The third-order valence-electron chi connectivity index (χ3n) is 4.18. The average molecular weight is 226 g/mol. The van der Waals surface area contributed by atoms with Crippen LogP contribution >= 0.6 is 0 Å². The number of nitrogens with two attached hydrogens (primary N) is 1. The monoisotopic (exact) mass is 226 g/mol. The molecule has 0 saturated carbocycles. The van der Waals surface area contributed by atoms with Gasteiger partial charge in [0.1, 0.15) is 0 Å². The first-order valence-electron chi connectivity index (χ1n) is 6.49. The van der Waals surface area contributed by atoms with Crippen molar-refractivity contribution in [2.45, 2.75) is 65.5 Å². The van der Waals surface area contributed by atoms with Crippen molar-refractivity contribution < 1.29 is 4.79 Å². The van der Waals surface area contributed by atoms with Gasteiger partial charge in [-0.2, -0.15) is 0 Å². The summed E-state index contributed by atoms with van der Waals surface area (Å²) in [5, 5.41) is 0. The fraction of sp³-hybridized carbons (Fsp3) is 0.923. The maximum absolute atomic E-state index is 12.5. The minimum absolute atomic E-state index is 0.247. The Bertz CT molecular complexity index is 238. The van der Waals surface area contributed by atoms with Gasteiger partial charge >= 0.3 is 0 Å². The van der Waals surface area contributed by atoms with Crippen LogP contribution in [0.1, 0.15) is 53.4 Å². The highest BCUT2D eigenvalue weighted by atomic mass is 16.2. The largest absolute Gasteiger partial charge is 0.337 e. The zero-order valence-electron chi connectivity index (χ0n) is 11.1. The molecule has 1 unspecified atom stereocenters. The van der Waals surface area contributed by atoms with E-state index in [9.17, 15) is 4.79 Å². The second-order valence-electron chi connectivity index (χ2n) is 5.46. The van der Waals surface area contributed by atoms with Crippen LogP contribution in [0.3, 0.4) is 0 Å². The van der Waals surface area contributed by atoms with Gasteiger partial charge < -0.3 is 10.6 Å². The quantitative estimate of drug-likeness (QED) is 0.801. The van der Waals surface area contributed by atoms with E-state index in [1.165, 1.54) is 6.42 Å². The molecule has 0 aliphatic carbocycles. The summed E-state index contributed by atoms with van der Waals surface area (Å²) in [5.41, 5.74) is 5.39. The molecule has 0 bridgehead atoms. The molecule has 0 spiro atoms. The van der Waals surface area contributed by atoms with Gasteiger partial charge in [0.15, 0.2) is 0 Å². The maximum atomic E-state index is 12.5. The van der Waals surface area contributed by atoms with Gasteiger partial charge in [-0.3, -0.25) is 4.79 Å². The summed E-state index contributed by atoms with van der Waals surface area (Å²) in [6.45, 7) is 8.78. The van der Waals surface area contributed by atoms with Crippen molar-refractivity contribution in [1.29, 1.82) is 0 Å². The van der Waals surface area contributed by atoms with Crippen LogP contribution in [0.5, 0.6) is 0 Å². The van der Waals surface area contributed by atoms with Crippen molar-refractivity contribution >= 4 is 5.91 Å². The van der Waals surface area contributed by atoms with Gasteiger partial charge in [-0.1, -0.05) is 6.92 Å². The second-order valence-corrected chi connectivity index (χ2v) is 5.46. The molecular formula is C13H26N2O. The van der Waals surface area contributed by atoms with Crippen molar-refractivity contribution in [3.05, 3.63) is 0 Å². The average Bonchev–Trinajstić information content (AvgIpc) is 2.27. The second kappa shape index (κ2) is 5.17. The topological polar surface area (TPSA) is 46.3 Å². The third kappa shape index (κ3) is 2.40.